The van der Waals surface area contributed by atoms with Gasteiger partial charge in [-0.05, 0) is 11.6 Å². The molecule has 1 aliphatic rings. The van der Waals surface area contributed by atoms with E-state index in [2.05, 4.69) is 4.98 Å². The monoisotopic (exact) mass is 410 g/mol. The molecular weight excluding hydrogens is 392 g/mol. The molecule has 29 heavy (non-hydrogen) atoms. The summed E-state index contributed by atoms with van der Waals surface area (Å²) < 4.78 is 11.0. The van der Waals surface area contributed by atoms with Crippen molar-refractivity contribution in [3.8, 4) is 11.3 Å². The summed E-state index contributed by atoms with van der Waals surface area (Å²) in [7, 11) is 0. The molecule has 6 nitrogen and oxygen atoms in total. The SMILES string of the molecule is O=C(OCc1ncc(-c2ccccc2)o1)[C@@H]1CC(=O)N(Cc2ccccc2Cl)C1. The number of nitrogens with zero attached hydrogens (tertiary/aromatic N) is 2. The van der Waals surface area contributed by atoms with Gasteiger partial charge >= 0.3 is 5.97 Å². The molecule has 0 bridgehead atoms. The van der Waals surface area contributed by atoms with Crippen LogP contribution < -0.4 is 0 Å². The fraction of sp³-hybridized carbons (Fsp3) is 0.227. The number of rotatable bonds is 6. The van der Waals surface area contributed by atoms with Gasteiger partial charge < -0.3 is 14.1 Å². The Labute approximate surface area is 173 Å². The second-order valence-electron chi connectivity index (χ2n) is 6.86. The number of carbonyl (C=O) groups excluding carboxylic acids is 2. The topological polar surface area (TPSA) is 72.6 Å². The Hall–Kier alpha value is -3.12. The number of oxazole rings is 1. The summed E-state index contributed by atoms with van der Waals surface area (Å²) in [5.74, 6) is -0.101. The number of esters is 1. The van der Waals surface area contributed by atoms with Gasteiger partial charge in [0.2, 0.25) is 11.8 Å². The lowest BCUT2D eigenvalue weighted by atomic mass is 10.1. The van der Waals surface area contributed by atoms with E-state index in [-0.39, 0.29) is 18.9 Å². The number of halogens is 1. The molecule has 1 amide bonds. The molecule has 0 unspecified atom stereocenters. The fourth-order valence-corrected chi connectivity index (χ4v) is 3.47. The van der Waals surface area contributed by atoms with E-state index in [1.54, 1.807) is 17.2 Å². The van der Waals surface area contributed by atoms with Crippen LogP contribution in [-0.2, 0) is 27.5 Å². The quantitative estimate of drug-likeness (QED) is 0.572. The standard InChI is InChI=1S/C22H19ClN2O4/c23-18-9-5-4-8-16(18)12-25-13-17(10-21(25)26)22(27)28-14-20-24-11-19(29-20)15-6-2-1-3-7-15/h1-9,11,17H,10,12-14H2/t17-/m1/s1. The zero-order chi connectivity index (χ0) is 20.2. The van der Waals surface area contributed by atoms with E-state index < -0.39 is 11.9 Å². The van der Waals surface area contributed by atoms with Crippen molar-refractivity contribution in [2.75, 3.05) is 6.54 Å². The molecule has 3 aromatic rings. The van der Waals surface area contributed by atoms with E-state index >= 15 is 0 Å². The van der Waals surface area contributed by atoms with Crippen molar-refractivity contribution in [2.45, 2.75) is 19.6 Å². The zero-order valence-corrected chi connectivity index (χ0v) is 16.3. The lowest BCUT2D eigenvalue weighted by molar-refractivity contribution is -0.150. The lowest BCUT2D eigenvalue weighted by Gasteiger charge is -2.17. The predicted molar refractivity (Wildman–Crippen MR) is 107 cm³/mol. The van der Waals surface area contributed by atoms with Crippen molar-refractivity contribution in [1.29, 1.82) is 0 Å². The summed E-state index contributed by atoms with van der Waals surface area (Å²) in [5, 5.41) is 0.601. The van der Waals surface area contributed by atoms with Crippen molar-refractivity contribution < 1.29 is 18.7 Å². The maximum atomic E-state index is 12.4. The summed E-state index contributed by atoms with van der Waals surface area (Å²) in [4.78, 5) is 30.5. The average molecular weight is 411 g/mol. The predicted octanol–water partition coefficient (Wildman–Crippen LogP) is 4.09. The van der Waals surface area contributed by atoms with Gasteiger partial charge in [-0.15, -0.1) is 0 Å². The van der Waals surface area contributed by atoms with E-state index in [1.807, 2.05) is 48.5 Å². The molecular formula is C22H19ClN2O4. The summed E-state index contributed by atoms with van der Waals surface area (Å²) in [6.07, 6.45) is 1.73. The number of hydrogen-bond acceptors (Lipinski definition) is 5. The van der Waals surface area contributed by atoms with Crippen LogP contribution in [0.5, 0.6) is 0 Å². The van der Waals surface area contributed by atoms with Gasteiger partial charge in [-0.1, -0.05) is 60.1 Å². The second-order valence-corrected chi connectivity index (χ2v) is 7.27. The van der Waals surface area contributed by atoms with Gasteiger partial charge in [0.1, 0.15) is 0 Å². The third kappa shape index (κ3) is 4.49. The Balaban J connectivity index is 1.32. The van der Waals surface area contributed by atoms with E-state index in [9.17, 15) is 9.59 Å². The minimum Gasteiger partial charge on any atom is -0.455 e. The normalized spacial score (nSPS) is 16.2. The minimum absolute atomic E-state index is 0.0686. The molecule has 4 rings (SSSR count). The number of carbonyl (C=O) groups is 2. The molecule has 2 aromatic carbocycles. The highest BCUT2D eigenvalue weighted by Gasteiger charge is 2.35. The number of ether oxygens (including phenoxy) is 1. The van der Waals surface area contributed by atoms with Gasteiger partial charge in [0, 0.05) is 30.1 Å². The van der Waals surface area contributed by atoms with Crippen LogP contribution in [0.1, 0.15) is 17.9 Å². The van der Waals surface area contributed by atoms with Crippen LogP contribution in [0, 0.1) is 5.92 Å². The maximum Gasteiger partial charge on any atom is 0.311 e. The van der Waals surface area contributed by atoms with E-state index in [1.165, 1.54) is 0 Å². The number of hydrogen-bond donors (Lipinski definition) is 0. The zero-order valence-electron chi connectivity index (χ0n) is 15.6. The fourth-order valence-electron chi connectivity index (χ4n) is 3.28. The molecule has 0 aliphatic carbocycles. The Kier molecular flexibility index (Phi) is 5.62. The van der Waals surface area contributed by atoms with Crippen molar-refractivity contribution >= 4 is 23.5 Å². The van der Waals surface area contributed by atoms with Crippen LogP contribution >= 0.6 is 11.6 Å². The highest BCUT2D eigenvalue weighted by atomic mass is 35.5. The first kappa shape index (κ1) is 19.2. The Bertz CT molecular complexity index is 1020. The van der Waals surface area contributed by atoms with Crippen LogP contribution in [0.15, 0.2) is 65.2 Å². The first-order valence-electron chi connectivity index (χ1n) is 9.28. The number of benzene rings is 2. The average Bonchev–Trinajstić information content (AvgIpc) is 3.36. The van der Waals surface area contributed by atoms with Gasteiger partial charge in [0.15, 0.2) is 12.4 Å². The van der Waals surface area contributed by atoms with Crippen LogP contribution in [0.25, 0.3) is 11.3 Å². The highest BCUT2D eigenvalue weighted by molar-refractivity contribution is 6.31. The smallest absolute Gasteiger partial charge is 0.311 e. The number of likely N-dealkylation sites (tertiary alicyclic amines) is 1. The van der Waals surface area contributed by atoms with Crippen molar-refractivity contribution in [3.63, 3.8) is 0 Å². The second kappa shape index (κ2) is 8.49. The molecule has 0 spiro atoms. The van der Waals surface area contributed by atoms with Crippen molar-refractivity contribution in [1.82, 2.24) is 9.88 Å². The third-order valence-electron chi connectivity index (χ3n) is 4.82. The molecule has 7 heteroatoms. The van der Waals surface area contributed by atoms with Crippen LogP contribution in [0.2, 0.25) is 5.02 Å². The molecule has 1 atom stereocenters. The molecule has 1 aliphatic heterocycles. The molecule has 0 N–H and O–H groups in total. The van der Waals surface area contributed by atoms with Gasteiger partial charge in [0.05, 0.1) is 12.1 Å². The van der Waals surface area contributed by atoms with E-state index in [0.717, 1.165) is 11.1 Å². The largest absolute Gasteiger partial charge is 0.455 e. The van der Waals surface area contributed by atoms with Crippen LogP contribution in [0.3, 0.4) is 0 Å². The molecule has 1 saturated heterocycles. The third-order valence-corrected chi connectivity index (χ3v) is 5.19. The van der Waals surface area contributed by atoms with Gasteiger partial charge in [-0.3, -0.25) is 9.59 Å². The van der Waals surface area contributed by atoms with Crippen LogP contribution in [0.4, 0.5) is 0 Å². The lowest BCUT2D eigenvalue weighted by Crippen LogP contribution is -2.26. The first-order valence-corrected chi connectivity index (χ1v) is 9.66. The highest BCUT2D eigenvalue weighted by Crippen LogP contribution is 2.25. The minimum atomic E-state index is -0.506. The molecule has 148 valence electrons. The van der Waals surface area contributed by atoms with Crippen molar-refractivity contribution in [2.24, 2.45) is 5.92 Å². The maximum absolute atomic E-state index is 12.4. The number of aromatic nitrogens is 1. The van der Waals surface area contributed by atoms with Crippen molar-refractivity contribution in [3.05, 3.63) is 77.3 Å². The van der Waals surface area contributed by atoms with Gasteiger partial charge in [0.25, 0.3) is 0 Å². The van der Waals surface area contributed by atoms with Gasteiger partial charge in [-0.2, -0.15) is 0 Å². The summed E-state index contributed by atoms with van der Waals surface area (Å²) in [6.45, 7) is 0.618. The van der Waals surface area contributed by atoms with E-state index in [0.29, 0.717) is 29.8 Å². The summed E-state index contributed by atoms with van der Waals surface area (Å²) >= 11 is 6.17. The molecule has 0 radical (unpaired) electrons. The molecule has 1 fully saturated rings. The number of amides is 1. The molecule has 2 heterocycles. The summed E-state index contributed by atoms with van der Waals surface area (Å²) in [5.41, 5.74) is 1.75. The van der Waals surface area contributed by atoms with Crippen LogP contribution in [-0.4, -0.2) is 28.3 Å². The Morgan fingerprint density at radius 1 is 1.17 bits per heavy atom. The molecule has 0 saturated carbocycles. The first-order chi connectivity index (χ1) is 14.1. The van der Waals surface area contributed by atoms with E-state index in [4.69, 9.17) is 20.8 Å². The van der Waals surface area contributed by atoms with Gasteiger partial charge in [-0.25, -0.2) is 4.98 Å². The molecule has 1 aromatic heterocycles. The summed E-state index contributed by atoms with van der Waals surface area (Å²) in [6, 6.07) is 16.9. The Morgan fingerprint density at radius 3 is 2.72 bits per heavy atom. The Morgan fingerprint density at radius 2 is 1.93 bits per heavy atom.